The molecule has 0 aromatic heterocycles. The molecule has 0 radical (unpaired) electrons. The Kier molecular flexibility index (Phi) is 4.23. The van der Waals surface area contributed by atoms with Gasteiger partial charge in [-0.1, -0.05) is 18.2 Å². The Morgan fingerprint density at radius 2 is 2.11 bits per heavy atom. The van der Waals surface area contributed by atoms with Gasteiger partial charge in [0.2, 0.25) is 0 Å². The molecule has 1 heterocycles. The Balaban J connectivity index is 1.87. The molecular weight excluding hydrogens is 245 g/mol. The standard InChI is InChI=1S/C15H22FNO2/c1-14(2)10-15(18,7-8-19-14)11-17-9-12-5-3-4-6-13(12)16/h3-6,17-18H,7-11H2,1-2H3/p+1/t15-/m0/s1. The highest BCUT2D eigenvalue weighted by molar-refractivity contribution is 5.15. The molecule has 1 saturated heterocycles. The van der Waals surface area contributed by atoms with Gasteiger partial charge in [-0.25, -0.2) is 4.39 Å². The second-order valence-electron chi connectivity index (χ2n) is 6.05. The van der Waals surface area contributed by atoms with Crippen LogP contribution in [0.25, 0.3) is 0 Å². The quantitative estimate of drug-likeness (QED) is 0.862. The number of hydrogen-bond acceptors (Lipinski definition) is 2. The smallest absolute Gasteiger partial charge is 0.132 e. The molecule has 0 unspecified atom stereocenters. The van der Waals surface area contributed by atoms with Gasteiger partial charge in [-0.2, -0.15) is 0 Å². The third kappa shape index (κ3) is 4.00. The Labute approximate surface area is 113 Å². The van der Waals surface area contributed by atoms with Crippen molar-refractivity contribution in [3.05, 3.63) is 35.6 Å². The van der Waals surface area contributed by atoms with Crippen molar-refractivity contribution in [3.8, 4) is 0 Å². The number of quaternary nitrogens is 1. The average molecular weight is 268 g/mol. The van der Waals surface area contributed by atoms with E-state index in [1.807, 2.05) is 25.2 Å². The minimum absolute atomic E-state index is 0.182. The molecule has 1 aliphatic rings. The van der Waals surface area contributed by atoms with Crippen LogP contribution in [0, 0.1) is 5.82 Å². The first kappa shape index (κ1) is 14.4. The highest BCUT2D eigenvalue weighted by Crippen LogP contribution is 2.30. The molecule has 3 N–H and O–H groups in total. The van der Waals surface area contributed by atoms with Crippen LogP contribution in [0.2, 0.25) is 0 Å². The maximum absolute atomic E-state index is 13.5. The molecule has 4 heteroatoms. The Hall–Kier alpha value is -0.970. The van der Waals surface area contributed by atoms with Gasteiger partial charge in [0.05, 0.1) is 12.2 Å². The van der Waals surface area contributed by atoms with Gasteiger partial charge in [-0.05, 0) is 19.9 Å². The summed E-state index contributed by atoms with van der Waals surface area (Å²) >= 11 is 0. The van der Waals surface area contributed by atoms with Gasteiger partial charge in [0, 0.05) is 18.4 Å². The average Bonchev–Trinajstić information content (AvgIpc) is 2.30. The summed E-state index contributed by atoms with van der Waals surface area (Å²) in [5.74, 6) is -0.182. The zero-order valence-corrected chi connectivity index (χ0v) is 11.7. The number of halogens is 1. The fourth-order valence-corrected chi connectivity index (χ4v) is 2.78. The Morgan fingerprint density at radius 1 is 1.37 bits per heavy atom. The second kappa shape index (κ2) is 5.57. The number of aliphatic hydroxyl groups is 1. The number of nitrogens with two attached hydrogens (primary N) is 1. The van der Waals surface area contributed by atoms with Crippen LogP contribution in [0.15, 0.2) is 24.3 Å². The van der Waals surface area contributed by atoms with Gasteiger partial charge in [-0.15, -0.1) is 0 Å². The lowest BCUT2D eigenvalue weighted by molar-refractivity contribution is -0.684. The van der Waals surface area contributed by atoms with Crippen molar-refractivity contribution in [2.24, 2.45) is 0 Å². The van der Waals surface area contributed by atoms with Gasteiger partial charge in [0.15, 0.2) is 0 Å². The van der Waals surface area contributed by atoms with Crippen LogP contribution >= 0.6 is 0 Å². The molecule has 1 aromatic carbocycles. The topological polar surface area (TPSA) is 46.1 Å². The molecule has 0 amide bonds. The lowest BCUT2D eigenvalue weighted by Crippen LogP contribution is -2.87. The fraction of sp³-hybridized carbons (Fsp3) is 0.600. The van der Waals surface area contributed by atoms with Crippen molar-refractivity contribution < 1.29 is 19.6 Å². The molecular formula is C15H23FNO2+. The van der Waals surface area contributed by atoms with Crippen LogP contribution < -0.4 is 5.32 Å². The van der Waals surface area contributed by atoms with Crippen LogP contribution in [0.1, 0.15) is 32.3 Å². The molecule has 1 fully saturated rings. The van der Waals surface area contributed by atoms with Crippen LogP contribution in [0.5, 0.6) is 0 Å². The second-order valence-corrected chi connectivity index (χ2v) is 6.05. The zero-order valence-electron chi connectivity index (χ0n) is 11.7. The zero-order chi connectivity index (χ0) is 13.9. The van der Waals surface area contributed by atoms with E-state index < -0.39 is 5.60 Å². The predicted molar refractivity (Wildman–Crippen MR) is 71.1 cm³/mol. The molecule has 0 saturated carbocycles. The first-order valence-corrected chi connectivity index (χ1v) is 6.82. The largest absolute Gasteiger partial charge is 0.384 e. The van der Waals surface area contributed by atoms with E-state index >= 15 is 0 Å². The van der Waals surface area contributed by atoms with Crippen molar-refractivity contribution in [2.45, 2.75) is 44.4 Å². The molecule has 19 heavy (non-hydrogen) atoms. The lowest BCUT2D eigenvalue weighted by atomic mass is 9.84. The number of hydrogen-bond donors (Lipinski definition) is 2. The van der Waals surface area contributed by atoms with Crippen LogP contribution in [-0.4, -0.2) is 29.5 Å². The van der Waals surface area contributed by atoms with Crippen molar-refractivity contribution in [1.82, 2.24) is 0 Å². The normalized spacial score (nSPS) is 26.3. The van der Waals surface area contributed by atoms with Crippen molar-refractivity contribution >= 4 is 0 Å². The van der Waals surface area contributed by atoms with E-state index in [1.54, 1.807) is 12.1 Å². The maximum atomic E-state index is 13.5. The van der Waals surface area contributed by atoms with Crippen LogP contribution in [0.4, 0.5) is 4.39 Å². The van der Waals surface area contributed by atoms with E-state index in [0.29, 0.717) is 38.1 Å². The third-order valence-electron chi connectivity index (χ3n) is 3.66. The van der Waals surface area contributed by atoms with Crippen LogP contribution in [0.3, 0.4) is 0 Å². The number of ether oxygens (including phenoxy) is 1. The molecule has 2 rings (SSSR count). The first-order chi connectivity index (χ1) is 8.90. The molecule has 106 valence electrons. The monoisotopic (exact) mass is 268 g/mol. The minimum Gasteiger partial charge on any atom is -0.384 e. The van der Waals surface area contributed by atoms with E-state index in [9.17, 15) is 9.50 Å². The molecule has 1 aromatic rings. The van der Waals surface area contributed by atoms with Gasteiger partial charge in [0.25, 0.3) is 0 Å². The summed E-state index contributed by atoms with van der Waals surface area (Å²) in [4.78, 5) is 0. The van der Waals surface area contributed by atoms with E-state index in [2.05, 4.69) is 0 Å². The summed E-state index contributed by atoms with van der Waals surface area (Å²) in [6.07, 6.45) is 1.26. The molecule has 0 aliphatic carbocycles. The van der Waals surface area contributed by atoms with Crippen LogP contribution in [-0.2, 0) is 11.3 Å². The summed E-state index contributed by atoms with van der Waals surface area (Å²) in [5, 5.41) is 12.5. The third-order valence-corrected chi connectivity index (χ3v) is 3.66. The highest BCUT2D eigenvalue weighted by atomic mass is 19.1. The lowest BCUT2D eigenvalue weighted by Gasteiger charge is -2.40. The Morgan fingerprint density at radius 3 is 2.79 bits per heavy atom. The van der Waals surface area contributed by atoms with E-state index in [0.717, 1.165) is 0 Å². The van der Waals surface area contributed by atoms with Crippen molar-refractivity contribution in [2.75, 3.05) is 13.2 Å². The van der Waals surface area contributed by atoms with Gasteiger partial charge >= 0.3 is 0 Å². The molecule has 0 spiro atoms. The fourth-order valence-electron chi connectivity index (χ4n) is 2.78. The summed E-state index contributed by atoms with van der Waals surface area (Å²) in [7, 11) is 0. The molecule has 3 nitrogen and oxygen atoms in total. The molecule has 1 aliphatic heterocycles. The maximum Gasteiger partial charge on any atom is 0.132 e. The van der Waals surface area contributed by atoms with Gasteiger partial charge < -0.3 is 15.2 Å². The first-order valence-electron chi connectivity index (χ1n) is 6.82. The summed E-state index contributed by atoms with van der Waals surface area (Å²) in [5.41, 5.74) is -0.316. The van der Waals surface area contributed by atoms with E-state index in [1.165, 1.54) is 6.07 Å². The highest BCUT2D eigenvalue weighted by Gasteiger charge is 2.40. The summed E-state index contributed by atoms with van der Waals surface area (Å²) in [6.45, 7) is 5.70. The van der Waals surface area contributed by atoms with E-state index in [-0.39, 0.29) is 11.4 Å². The summed E-state index contributed by atoms with van der Waals surface area (Å²) in [6, 6.07) is 6.77. The van der Waals surface area contributed by atoms with E-state index in [4.69, 9.17) is 4.74 Å². The summed E-state index contributed by atoms with van der Waals surface area (Å²) < 4.78 is 19.1. The number of rotatable bonds is 4. The van der Waals surface area contributed by atoms with Gasteiger partial charge in [0.1, 0.15) is 24.5 Å². The minimum atomic E-state index is -0.715. The molecule has 0 bridgehead atoms. The Bertz CT molecular complexity index is 436. The predicted octanol–water partition coefficient (Wildman–Crippen LogP) is 1.21. The van der Waals surface area contributed by atoms with Gasteiger partial charge in [-0.3, -0.25) is 0 Å². The van der Waals surface area contributed by atoms with Crippen molar-refractivity contribution in [1.29, 1.82) is 0 Å². The number of benzene rings is 1. The molecule has 1 atom stereocenters. The van der Waals surface area contributed by atoms with Crippen molar-refractivity contribution in [3.63, 3.8) is 0 Å². The SMILES string of the molecule is CC1(C)C[C@](O)(C[NH2+]Cc2ccccc2F)CCO1.